The Morgan fingerprint density at radius 2 is 2.18 bits per heavy atom. The van der Waals surface area contributed by atoms with Crippen molar-refractivity contribution in [2.45, 2.75) is 25.2 Å². The normalized spacial score (nSPS) is 17.4. The molecule has 0 bridgehead atoms. The third-order valence-corrected chi connectivity index (χ3v) is 3.53. The molecule has 0 aromatic heterocycles. The van der Waals surface area contributed by atoms with Crippen molar-refractivity contribution in [3.8, 4) is 0 Å². The quantitative estimate of drug-likeness (QED) is 0.805. The topological polar surface area (TPSA) is 43.4 Å². The van der Waals surface area contributed by atoms with Crippen LogP contribution in [0.4, 0.5) is 0 Å². The number of hydrogen-bond acceptors (Lipinski definition) is 3. The maximum atomic E-state index is 12.0. The van der Waals surface area contributed by atoms with Crippen LogP contribution in [0.5, 0.6) is 0 Å². The molecule has 4 heteroatoms. The molecule has 0 aliphatic heterocycles. The molecular formula is C13H13BrO3. The molecule has 17 heavy (non-hydrogen) atoms. The van der Waals surface area contributed by atoms with Crippen molar-refractivity contribution in [3.63, 3.8) is 0 Å². The van der Waals surface area contributed by atoms with Gasteiger partial charge in [0.05, 0.1) is 6.61 Å². The molecule has 3 nitrogen and oxygen atoms in total. The first-order valence-corrected chi connectivity index (χ1v) is 6.33. The minimum Gasteiger partial charge on any atom is -0.465 e. The van der Waals surface area contributed by atoms with Gasteiger partial charge in [-0.1, -0.05) is 28.1 Å². The molecule has 90 valence electrons. The zero-order valence-electron chi connectivity index (χ0n) is 9.53. The molecule has 0 spiro atoms. The SMILES string of the molecule is CCOC(=O)C1(c2cccc(Br)c2)CC(=O)C1. The fraction of sp³-hybridized carbons (Fsp3) is 0.385. The molecule has 0 atom stereocenters. The number of ketones is 1. The predicted octanol–water partition coefficient (Wildman–Crippen LogP) is 2.61. The molecule has 1 saturated carbocycles. The molecular weight excluding hydrogens is 284 g/mol. The van der Waals surface area contributed by atoms with Crippen LogP contribution in [0.3, 0.4) is 0 Å². The second kappa shape index (κ2) is 4.61. The van der Waals surface area contributed by atoms with E-state index in [0.717, 1.165) is 10.0 Å². The summed E-state index contributed by atoms with van der Waals surface area (Å²) >= 11 is 3.37. The lowest BCUT2D eigenvalue weighted by molar-refractivity contribution is -0.158. The summed E-state index contributed by atoms with van der Waals surface area (Å²) in [6, 6.07) is 7.50. The van der Waals surface area contributed by atoms with E-state index in [4.69, 9.17) is 4.74 Å². The van der Waals surface area contributed by atoms with Crippen LogP contribution >= 0.6 is 15.9 Å². The maximum absolute atomic E-state index is 12.0. The Labute approximate surface area is 108 Å². The summed E-state index contributed by atoms with van der Waals surface area (Å²) in [6.45, 7) is 2.11. The summed E-state index contributed by atoms with van der Waals surface area (Å²) in [5, 5.41) is 0. The van der Waals surface area contributed by atoms with Crippen LogP contribution in [-0.4, -0.2) is 18.4 Å². The lowest BCUT2D eigenvalue weighted by Gasteiger charge is -2.38. The van der Waals surface area contributed by atoms with Crippen molar-refractivity contribution in [2.24, 2.45) is 0 Å². The molecule has 2 rings (SSSR count). The van der Waals surface area contributed by atoms with E-state index in [1.54, 1.807) is 6.92 Å². The van der Waals surface area contributed by atoms with E-state index < -0.39 is 5.41 Å². The number of Topliss-reactive ketones (excluding diaryl/α,β-unsaturated/α-hetero) is 1. The van der Waals surface area contributed by atoms with Crippen molar-refractivity contribution >= 4 is 27.7 Å². The molecule has 1 fully saturated rings. The summed E-state index contributed by atoms with van der Waals surface area (Å²) in [5.41, 5.74) is 0.0987. The zero-order chi connectivity index (χ0) is 12.5. The third-order valence-electron chi connectivity index (χ3n) is 3.04. The highest BCUT2D eigenvalue weighted by atomic mass is 79.9. The van der Waals surface area contributed by atoms with E-state index in [1.807, 2.05) is 24.3 Å². The van der Waals surface area contributed by atoms with Gasteiger partial charge in [-0.3, -0.25) is 9.59 Å². The van der Waals surface area contributed by atoms with Gasteiger partial charge in [-0.15, -0.1) is 0 Å². The first kappa shape index (κ1) is 12.3. The highest BCUT2D eigenvalue weighted by Crippen LogP contribution is 2.43. The minimum atomic E-state index is -0.753. The Morgan fingerprint density at radius 1 is 1.47 bits per heavy atom. The van der Waals surface area contributed by atoms with Gasteiger partial charge in [0.2, 0.25) is 0 Å². The van der Waals surface area contributed by atoms with Crippen molar-refractivity contribution < 1.29 is 14.3 Å². The van der Waals surface area contributed by atoms with Crippen molar-refractivity contribution in [1.82, 2.24) is 0 Å². The predicted molar refractivity (Wildman–Crippen MR) is 66.7 cm³/mol. The van der Waals surface area contributed by atoms with Gasteiger partial charge in [-0.2, -0.15) is 0 Å². The second-order valence-corrected chi connectivity index (χ2v) is 5.12. The third kappa shape index (κ3) is 2.14. The standard InChI is InChI=1S/C13H13BrO3/c1-2-17-12(16)13(7-11(15)8-13)9-4-3-5-10(14)6-9/h3-6H,2,7-8H2,1H3. The van der Waals surface area contributed by atoms with E-state index in [9.17, 15) is 9.59 Å². The number of carbonyl (C=O) groups excluding carboxylic acids is 2. The summed E-state index contributed by atoms with van der Waals surface area (Å²) in [4.78, 5) is 23.3. The molecule has 0 unspecified atom stereocenters. The Kier molecular flexibility index (Phi) is 3.33. The van der Waals surface area contributed by atoms with Crippen LogP contribution in [0, 0.1) is 0 Å². The fourth-order valence-corrected chi connectivity index (χ4v) is 2.54. The Balaban J connectivity index is 2.35. The average molecular weight is 297 g/mol. The van der Waals surface area contributed by atoms with Crippen LogP contribution in [0.15, 0.2) is 28.7 Å². The number of hydrogen-bond donors (Lipinski definition) is 0. The monoisotopic (exact) mass is 296 g/mol. The van der Waals surface area contributed by atoms with Crippen LogP contribution in [0.25, 0.3) is 0 Å². The highest BCUT2D eigenvalue weighted by Gasteiger charge is 2.52. The van der Waals surface area contributed by atoms with Crippen LogP contribution in [0.1, 0.15) is 25.3 Å². The van der Waals surface area contributed by atoms with E-state index in [-0.39, 0.29) is 24.6 Å². The van der Waals surface area contributed by atoms with Crippen LogP contribution < -0.4 is 0 Å². The molecule has 1 aliphatic rings. The van der Waals surface area contributed by atoms with Gasteiger partial charge >= 0.3 is 5.97 Å². The number of benzene rings is 1. The van der Waals surface area contributed by atoms with E-state index in [1.165, 1.54) is 0 Å². The second-order valence-electron chi connectivity index (χ2n) is 4.21. The van der Waals surface area contributed by atoms with Gasteiger partial charge in [-0.05, 0) is 24.6 Å². The van der Waals surface area contributed by atoms with Crippen molar-refractivity contribution in [3.05, 3.63) is 34.3 Å². The summed E-state index contributed by atoms with van der Waals surface area (Å²) < 4.78 is 5.99. The molecule has 0 heterocycles. The molecule has 0 N–H and O–H groups in total. The van der Waals surface area contributed by atoms with Gasteiger partial charge in [0.15, 0.2) is 0 Å². The van der Waals surface area contributed by atoms with Gasteiger partial charge < -0.3 is 4.74 Å². The zero-order valence-corrected chi connectivity index (χ0v) is 11.1. The van der Waals surface area contributed by atoms with Crippen LogP contribution in [-0.2, 0) is 19.7 Å². The van der Waals surface area contributed by atoms with E-state index in [0.29, 0.717) is 6.61 Å². The fourth-order valence-electron chi connectivity index (χ4n) is 2.14. The average Bonchev–Trinajstić information content (AvgIpc) is 2.24. The van der Waals surface area contributed by atoms with Crippen LogP contribution in [0.2, 0.25) is 0 Å². The maximum Gasteiger partial charge on any atom is 0.317 e. The smallest absolute Gasteiger partial charge is 0.317 e. The molecule has 1 aromatic rings. The Bertz CT molecular complexity index is 459. The molecule has 0 amide bonds. The molecule has 0 radical (unpaired) electrons. The lowest BCUT2D eigenvalue weighted by Crippen LogP contribution is -2.49. The first-order valence-electron chi connectivity index (χ1n) is 5.53. The summed E-state index contributed by atoms with van der Waals surface area (Å²) in [6.07, 6.45) is 0.505. The lowest BCUT2D eigenvalue weighted by atomic mass is 9.63. The largest absolute Gasteiger partial charge is 0.465 e. The number of halogens is 1. The highest BCUT2D eigenvalue weighted by molar-refractivity contribution is 9.10. The van der Waals surface area contributed by atoms with Gasteiger partial charge in [-0.25, -0.2) is 0 Å². The van der Waals surface area contributed by atoms with Gasteiger partial charge in [0.1, 0.15) is 11.2 Å². The molecule has 1 aliphatic carbocycles. The minimum absolute atomic E-state index is 0.109. The Hall–Kier alpha value is -1.16. The first-order chi connectivity index (χ1) is 8.08. The number of carbonyl (C=O) groups is 2. The molecule has 0 saturated heterocycles. The Morgan fingerprint density at radius 3 is 2.71 bits per heavy atom. The number of ether oxygens (including phenoxy) is 1. The van der Waals surface area contributed by atoms with Gasteiger partial charge in [0, 0.05) is 17.3 Å². The van der Waals surface area contributed by atoms with E-state index in [2.05, 4.69) is 15.9 Å². The number of rotatable bonds is 3. The molecule has 1 aromatic carbocycles. The van der Waals surface area contributed by atoms with Crippen molar-refractivity contribution in [1.29, 1.82) is 0 Å². The van der Waals surface area contributed by atoms with Crippen molar-refractivity contribution in [2.75, 3.05) is 6.61 Å². The number of esters is 1. The summed E-state index contributed by atoms with van der Waals surface area (Å²) in [7, 11) is 0. The summed E-state index contributed by atoms with van der Waals surface area (Å²) in [5.74, 6) is -0.185. The van der Waals surface area contributed by atoms with Gasteiger partial charge in [0.25, 0.3) is 0 Å². The van der Waals surface area contributed by atoms with E-state index >= 15 is 0 Å².